The number of aryl methyl sites for hydroxylation is 1. The van der Waals surface area contributed by atoms with Crippen molar-refractivity contribution in [1.82, 2.24) is 20.1 Å². The molecule has 0 saturated heterocycles. The summed E-state index contributed by atoms with van der Waals surface area (Å²) in [6.45, 7) is 0.395. The predicted octanol–water partition coefficient (Wildman–Crippen LogP) is 0.745. The Balaban J connectivity index is 1.70. The second-order valence-electron chi connectivity index (χ2n) is 5.24. The molecule has 1 aromatic heterocycles. The van der Waals surface area contributed by atoms with Crippen LogP contribution < -0.4 is 11.1 Å². The van der Waals surface area contributed by atoms with Crippen molar-refractivity contribution in [3.05, 3.63) is 42.0 Å². The number of carbonyl (C=O) groups excluding carboxylic acids is 1. The Kier molecular flexibility index (Phi) is 2.93. The minimum absolute atomic E-state index is 0.0465. The largest absolute Gasteiger partial charge is 0.399 e. The topological polar surface area (TPSA) is 85.8 Å². The quantitative estimate of drug-likeness (QED) is 0.803. The molecular weight excluding hydrogens is 254 g/mol. The number of amides is 1. The molecule has 1 amide bonds. The van der Waals surface area contributed by atoms with Crippen LogP contribution >= 0.6 is 0 Å². The third kappa shape index (κ3) is 2.13. The second kappa shape index (κ2) is 4.63. The zero-order valence-corrected chi connectivity index (χ0v) is 11.3. The molecule has 20 heavy (non-hydrogen) atoms. The SMILES string of the molecule is Cn1cnnc1CNC(=O)C1(c2ccc(N)cc2)CC1. The van der Waals surface area contributed by atoms with Gasteiger partial charge in [-0.15, -0.1) is 10.2 Å². The van der Waals surface area contributed by atoms with Crippen molar-refractivity contribution in [2.45, 2.75) is 24.8 Å². The molecule has 2 aromatic rings. The minimum Gasteiger partial charge on any atom is -0.399 e. The molecule has 1 aliphatic rings. The van der Waals surface area contributed by atoms with Gasteiger partial charge in [0.05, 0.1) is 12.0 Å². The standard InChI is InChI=1S/C14H17N5O/c1-19-9-17-18-12(19)8-16-13(20)14(6-7-14)10-2-4-11(15)5-3-10/h2-5,9H,6-8,15H2,1H3,(H,16,20). The Morgan fingerprint density at radius 2 is 2.10 bits per heavy atom. The number of nitrogens with one attached hydrogen (secondary N) is 1. The summed E-state index contributed by atoms with van der Waals surface area (Å²) in [4.78, 5) is 12.4. The fourth-order valence-electron chi connectivity index (χ4n) is 2.37. The number of hydrogen-bond donors (Lipinski definition) is 2. The fraction of sp³-hybridized carbons (Fsp3) is 0.357. The average Bonchev–Trinajstić information content (AvgIpc) is 3.15. The molecule has 1 aromatic carbocycles. The number of hydrogen-bond acceptors (Lipinski definition) is 4. The first-order chi connectivity index (χ1) is 9.62. The Hall–Kier alpha value is -2.37. The van der Waals surface area contributed by atoms with Crippen molar-refractivity contribution < 1.29 is 4.79 Å². The van der Waals surface area contributed by atoms with Crippen LogP contribution in [-0.4, -0.2) is 20.7 Å². The molecule has 0 radical (unpaired) electrons. The van der Waals surface area contributed by atoms with Crippen molar-refractivity contribution in [2.75, 3.05) is 5.73 Å². The van der Waals surface area contributed by atoms with E-state index < -0.39 is 0 Å². The molecule has 6 nitrogen and oxygen atoms in total. The summed E-state index contributed by atoms with van der Waals surface area (Å²) >= 11 is 0. The van der Waals surface area contributed by atoms with Crippen LogP contribution in [0, 0.1) is 0 Å². The van der Waals surface area contributed by atoms with Crippen molar-refractivity contribution in [1.29, 1.82) is 0 Å². The number of rotatable bonds is 4. The van der Waals surface area contributed by atoms with Crippen LogP contribution in [0.4, 0.5) is 5.69 Å². The highest BCUT2D eigenvalue weighted by molar-refractivity contribution is 5.91. The van der Waals surface area contributed by atoms with Gasteiger partial charge in [-0.1, -0.05) is 12.1 Å². The number of benzene rings is 1. The maximum Gasteiger partial charge on any atom is 0.231 e. The third-order valence-corrected chi connectivity index (χ3v) is 3.86. The lowest BCUT2D eigenvalue weighted by Crippen LogP contribution is -2.34. The van der Waals surface area contributed by atoms with E-state index in [-0.39, 0.29) is 11.3 Å². The van der Waals surface area contributed by atoms with Gasteiger partial charge in [-0.05, 0) is 30.5 Å². The Bertz CT molecular complexity index is 627. The van der Waals surface area contributed by atoms with Gasteiger partial charge in [-0.25, -0.2) is 0 Å². The summed E-state index contributed by atoms with van der Waals surface area (Å²) < 4.78 is 1.79. The molecular formula is C14H17N5O. The molecule has 3 N–H and O–H groups in total. The summed E-state index contributed by atoms with van der Waals surface area (Å²) in [5.41, 5.74) is 7.05. The number of carbonyl (C=O) groups is 1. The molecule has 3 rings (SSSR count). The molecule has 1 heterocycles. The molecule has 0 bridgehead atoms. The van der Waals surface area contributed by atoms with Crippen LogP contribution in [-0.2, 0) is 23.8 Å². The van der Waals surface area contributed by atoms with E-state index in [4.69, 9.17) is 5.73 Å². The number of nitrogen functional groups attached to an aromatic ring is 1. The van der Waals surface area contributed by atoms with Gasteiger partial charge in [0.1, 0.15) is 6.33 Å². The average molecular weight is 271 g/mol. The summed E-state index contributed by atoms with van der Waals surface area (Å²) in [7, 11) is 1.86. The van der Waals surface area contributed by atoms with Crippen molar-refractivity contribution >= 4 is 11.6 Å². The van der Waals surface area contributed by atoms with Crippen molar-refractivity contribution in [3.63, 3.8) is 0 Å². The molecule has 1 saturated carbocycles. The monoisotopic (exact) mass is 271 g/mol. The first kappa shape index (κ1) is 12.7. The molecule has 1 aliphatic carbocycles. The number of anilines is 1. The normalized spacial score (nSPS) is 15.8. The van der Waals surface area contributed by atoms with Gasteiger partial charge in [0, 0.05) is 12.7 Å². The van der Waals surface area contributed by atoms with E-state index in [1.807, 2.05) is 31.3 Å². The zero-order valence-electron chi connectivity index (χ0n) is 11.3. The first-order valence-electron chi connectivity index (χ1n) is 6.59. The highest BCUT2D eigenvalue weighted by atomic mass is 16.2. The lowest BCUT2D eigenvalue weighted by molar-refractivity contribution is -0.123. The lowest BCUT2D eigenvalue weighted by Gasteiger charge is -2.15. The molecule has 0 spiro atoms. The predicted molar refractivity (Wildman–Crippen MR) is 74.6 cm³/mol. The van der Waals surface area contributed by atoms with Crippen LogP contribution in [0.5, 0.6) is 0 Å². The summed E-state index contributed by atoms with van der Waals surface area (Å²) in [6, 6.07) is 7.55. The molecule has 104 valence electrons. The van der Waals surface area contributed by atoms with Crippen molar-refractivity contribution in [3.8, 4) is 0 Å². The van der Waals surface area contributed by atoms with E-state index in [0.717, 1.165) is 24.2 Å². The summed E-state index contributed by atoms with van der Waals surface area (Å²) in [5.74, 6) is 0.789. The molecule has 1 fully saturated rings. The summed E-state index contributed by atoms with van der Waals surface area (Å²) in [6.07, 6.45) is 3.37. The van der Waals surface area contributed by atoms with E-state index in [0.29, 0.717) is 12.2 Å². The van der Waals surface area contributed by atoms with Crippen LogP contribution in [0.1, 0.15) is 24.2 Å². The van der Waals surface area contributed by atoms with Crippen LogP contribution in [0.15, 0.2) is 30.6 Å². The van der Waals surface area contributed by atoms with Gasteiger partial charge in [0.2, 0.25) is 5.91 Å². The molecule has 0 atom stereocenters. The van der Waals surface area contributed by atoms with E-state index in [1.165, 1.54) is 0 Å². The maximum absolute atomic E-state index is 12.4. The van der Waals surface area contributed by atoms with E-state index in [1.54, 1.807) is 10.9 Å². The molecule has 0 aliphatic heterocycles. The van der Waals surface area contributed by atoms with Crippen LogP contribution in [0.25, 0.3) is 0 Å². The highest BCUT2D eigenvalue weighted by Gasteiger charge is 2.51. The van der Waals surface area contributed by atoms with Gasteiger partial charge >= 0.3 is 0 Å². The van der Waals surface area contributed by atoms with Gasteiger partial charge in [0.25, 0.3) is 0 Å². The first-order valence-corrected chi connectivity index (χ1v) is 6.59. The number of nitrogens with two attached hydrogens (primary N) is 1. The maximum atomic E-state index is 12.4. The Morgan fingerprint density at radius 3 is 2.65 bits per heavy atom. The van der Waals surface area contributed by atoms with E-state index in [9.17, 15) is 4.79 Å². The second-order valence-corrected chi connectivity index (χ2v) is 5.24. The van der Waals surface area contributed by atoms with E-state index >= 15 is 0 Å². The number of aromatic nitrogens is 3. The van der Waals surface area contributed by atoms with E-state index in [2.05, 4.69) is 15.5 Å². The van der Waals surface area contributed by atoms with Gasteiger partial charge in [-0.3, -0.25) is 4.79 Å². The number of nitrogens with zero attached hydrogens (tertiary/aromatic N) is 3. The van der Waals surface area contributed by atoms with Crippen LogP contribution in [0.3, 0.4) is 0 Å². The van der Waals surface area contributed by atoms with Gasteiger partial charge in [-0.2, -0.15) is 0 Å². The lowest BCUT2D eigenvalue weighted by atomic mass is 9.95. The third-order valence-electron chi connectivity index (χ3n) is 3.86. The minimum atomic E-state index is -0.383. The molecule has 0 unspecified atom stereocenters. The van der Waals surface area contributed by atoms with Crippen molar-refractivity contribution in [2.24, 2.45) is 7.05 Å². The molecule has 6 heteroatoms. The zero-order chi connectivity index (χ0) is 14.2. The van der Waals surface area contributed by atoms with Crippen LogP contribution in [0.2, 0.25) is 0 Å². The summed E-state index contributed by atoms with van der Waals surface area (Å²) in [5, 5.41) is 10.7. The highest BCUT2D eigenvalue weighted by Crippen LogP contribution is 2.48. The van der Waals surface area contributed by atoms with Gasteiger partial charge < -0.3 is 15.6 Å². The Labute approximate surface area is 117 Å². The Morgan fingerprint density at radius 1 is 1.40 bits per heavy atom. The van der Waals surface area contributed by atoms with Gasteiger partial charge in [0.15, 0.2) is 5.82 Å². The fourth-order valence-corrected chi connectivity index (χ4v) is 2.37. The smallest absolute Gasteiger partial charge is 0.231 e.